The molecule has 35 heavy (non-hydrogen) atoms. The smallest absolute Gasteiger partial charge is 0.325 e. The van der Waals surface area contributed by atoms with E-state index in [2.05, 4.69) is 10.6 Å². The molecule has 0 radical (unpaired) electrons. The fourth-order valence-corrected chi connectivity index (χ4v) is 3.74. The Kier molecular flexibility index (Phi) is 10.6. The quantitative estimate of drug-likeness (QED) is 0.438. The first-order valence-corrected chi connectivity index (χ1v) is 12.1. The number of ether oxygens (including phenoxy) is 2. The zero-order chi connectivity index (χ0) is 26.0. The molecule has 2 aromatic carbocycles. The number of carbonyl (C=O) groups is 3. The van der Waals surface area contributed by atoms with Crippen LogP contribution in [0, 0.1) is 5.92 Å². The number of hydrogen-bond donors (Lipinski definition) is 2. The van der Waals surface area contributed by atoms with Crippen molar-refractivity contribution in [2.24, 2.45) is 5.92 Å². The monoisotopic (exact) mass is 502 g/mol. The standard InChI is InChI=1S/C27H35ClN2O5/c1-6-34-25(32)18(2)14-23(30-26(33)29-17-24(31)35-27(3,4)5)15-19-10-12-20(13-11-19)21-8-7-9-22(28)16-21/h7-13,16,18,23H,6,14-15,17H2,1-5H3,(H2,29,30,33)/t18?,23-/m0/s1. The summed E-state index contributed by atoms with van der Waals surface area (Å²) < 4.78 is 10.3. The van der Waals surface area contributed by atoms with E-state index < -0.39 is 23.5 Å². The summed E-state index contributed by atoms with van der Waals surface area (Å²) in [6.07, 6.45) is 0.883. The largest absolute Gasteiger partial charge is 0.466 e. The molecule has 190 valence electrons. The number of nitrogens with one attached hydrogen (secondary N) is 2. The van der Waals surface area contributed by atoms with Crippen molar-refractivity contribution in [1.29, 1.82) is 0 Å². The maximum absolute atomic E-state index is 12.5. The molecular weight excluding hydrogens is 468 g/mol. The molecule has 1 unspecified atom stereocenters. The minimum absolute atomic E-state index is 0.252. The zero-order valence-corrected chi connectivity index (χ0v) is 21.8. The second-order valence-corrected chi connectivity index (χ2v) is 9.85. The highest BCUT2D eigenvalue weighted by molar-refractivity contribution is 6.30. The molecule has 2 rings (SSSR count). The fourth-order valence-electron chi connectivity index (χ4n) is 3.55. The van der Waals surface area contributed by atoms with Gasteiger partial charge >= 0.3 is 18.0 Å². The van der Waals surface area contributed by atoms with Crippen LogP contribution in [-0.2, 0) is 25.5 Å². The Labute approximate surface area is 212 Å². The van der Waals surface area contributed by atoms with E-state index in [-0.39, 0.29) is 18.6 Å². The third kappa shape index (κ3) is 10.4. The van der Waals surface area contributed by atoms with E-state index in [1.807, 2.05) is 48.5 Å². The topological polar surface area (TPSA) is 93.7 Å². The summed E-state index contributed by atoms with van der Waals surface area (Å²) >= 11 is 6.10. The van der Waals surface area contributed by atoms with Crippen LogP contribution in [0.15, 0.2) is 48.5 Å². The lowest BCUT2D eigenvalue weighted by Gasteiger charge is -2.23. The zero-order valence-electron chi connectivity index (χ0n) is 21.0. The van der Waals surface area contributed by atoms with Gasteiger partial charge in [0.1, 0.15) is 12.1 Å². The maximum atomic E-state index is 12.5. The molecule has 8 heteroatoms. The average Bonchev–Trinajstić information content (AvgIpc) is 2.77. The molecule has 2 aromatic rings. The maximum Gasteiger partial charge on any atom is 0.325 e. The Balaban J connectivity index is 2.06. The lowest BCUT2D eigenvalue weighted by atomic mass is 9.95. The van der Waals surface area contributed by atoms with Crippen LogP contribution in [0.5, 0.6) is 0 Å². The van der Waals surface area contributed by atoms with Gasteiger partial charge in [0.15, 0.2) is 0 Å². The van der Waals surface area contributed by atoms with E-state index in [4.69, 9.17) is 21.1 Å². The van der Waals surface area contributed by atoms with Gasteiger partial charge in [0, 0.05) is 11.1 Å². The molecule has 2 amide bonds. The van der Waals surface area contributed by atoms with Crippen molar-refractivity contribution in [3.63, 3.8) is 0 Å². The molecule has 0 bridgehead atoms. The van der Waals surface area contributed by atoms with E-state index >= 15 is 0 Å². The van der Waals surface area contributed by atoms with Gasteiger partial charge in [-0.2, -0.15) is 0 Å². The van der Waals surface area contributed by atoms with Crippen molar-refractivity contribution in [3.05, 3.63) is 59.1 Å². The van der Waals surface area contributed by atoms with Gasteiger partial charge in [-0.15, -0.1) is 0 Å². The molecule has 0 saturated heterocycles. The lowest BCUT2D eigenvalue weighted by Crippen LogP contribution is -2.46. The minimum Gasteiger partial charge on any atom is -0.466 e. The normalized spacial score (nSPS) is 12.9. The number of hydrogen-bond acceptors (Lipinski definition) is 5. The first-order valence-electron chi connectivity index (χ1n) is 11.7. The van der Waals surface area contributed by atoms with Crippen molar-refractivity contribution in [2.75, 3.05) is 13.2 Å². The Bertz CT molecular complexity index is 1000. The number of esters is 2. The van der Waals surface area contributed by atoms with Crippen molar-refractivity contribution in [3.8, 4) is 11.1 Å². The highest BCUT2D eigenvalue weighted by atomic mass is 35.5. The summed E-state index contributed by atoms with van der Waals surface area (Å²) in [6.45, 7) is 8.85. The molecule has 0 spiro atoms. The second-order valence-electron chi connectivity index (χ2n) is 9.41. The third-order valence-electron chi connectivity index (χ3n) is 5.07. The fraction of sp³-hybridized carbons (Fsp3) is 0.444. The van der Waals surface area contributed by atoms with Crippen LogP contribution >= 0.6 is 11.6 Å². The van der Waals surface area contributed by atoms with Crippen molar-refractivity contribution in [2.45, 2.75) is 59.1 Å². The summed E-state index contributed by atoms with van der Waals surface area (Å²) in [6, 6.07) is 14.7. The van der Waals surface area contributed by atoms with E-state index in [1.165, 1.54) is 0 Å². The summed E-state index contributed by atoms with van der Waals surface area (Å²) in [5, 5.41) is 6.08. The molecule has 0 aliphatic rings. The van der Waals surface area contributed by atoms with Crippen LogP contribution in [0.25, 0.3) is 11.1 Å². The summed E-state index contributed by atoms with van der Waals surface area (Å²) in [5.74, 6) is -1.25. The predicted molar refractivity (Wildman–Crippen MR) is 137 cm³/mol. The average molecular weight is 503 g/mol. The van der Waals surface area contributed by atoms with Crippen molar-refractivity contribution >= 4 is 29.6 Å². The highest BCUT2D eigenvalue weighted by Gasteiger charge is 2.23. The van der Waals surface area contributed by atoms with Gasteiger partial charge in [-0.05, 0) is 69.4 Å². The van der Waals surface area contributed by atoms with Crippen LogP contribution in [0.1, 0.15) is 46.6 Å². The van der Waals surface area contributed by atoms with Crippen LogP contribution < -0.4 is 10.6 Å². The van der Waals surface area contributed by atoms with Gasteiger partial charge in [-0.25, -0.2) is 4.79 Å². The predicted octanol–water partition coefficient (Wildman–Crippen LogP) is 5.15. The third-order valence-corrected chi connectivity index (χ3v) is 5.30. The van der Waals surface area contributed by atoms with Crippen LogP contribution in [0.4, 0.5) is 4.79 Å². The Morgan fingerprint density at radius 2 is 1.71 bits per heavy atom. The van der Waals surface area contributed by atoms with Crippen LogP contribution in [-0.4, -0.2) is 42.8 Å². The number of carbonyl (C=O) groups excluding carboxylic acids is 3. The van der Waals surface area contributed by atoms with Crippen molar-refractivity contribution < 1.29 is 23.9 Å². The van der Waals surface area contributed by atoms with Gasteiger partial charge in [-0.1, -0.05) is 54.9 Å². The van der Waals surface area contributed by atoms with E-state index in [9.17, 15) is 14.4 Å². The molecule has 0 aromatic heterocycles. The van der Waals surface area contributed by atoms with Crippen LogP contribution in [0.2, 0.25) is 5.02 Å². The summed E-state index contributed by atoms with van der Waals surface area (Å²) in [7, 11) is 0. The summed E-state index contributed by atoms with van der Waals surface area (Å²) in [4.78, 5) is 36.6. The van der Waals surface area contributed by atoms with Gasteiger partial charge in [-0.3, -0.25) is 9.59 Å². The first-order chi connectivity index (χ1) is 16.5. The first kappa shape index (κ1) is 28.2. The van der Waals surface area contributed by atoms with E-state index in [1.54, 1.807) is 34.6 Å². The minimum atomic E-state index is -0.635. The lowest BCUT2D eigenvalue weighted by molar-refractivity contribution is -0.153. The number of urea groups is 1. The molecule has 2 atom stereocenters. The van der Waals surface area contributed by atoms with E-state index in [0.717, 1.165) is 16.7 Å². The molecule has 0 saturated carbocycles. The number of halogens is 1. The Hall–Kier alpha value is -3.06. The van der Waals surface area contributed by atoms with Gasteiger partial charge in [0.2, 0.25) is 0 Å². The molecule has 0 aliphatic carbocycles. The summed E-state index contributed by atoms with van der Waals surface area (Å²) in [5.41, 5.74) is 2.39. The highest BCUT2D eigenvalue weighted by Crippen LogP contribution is 2.24. The second kappa shape index (κ2) is 13.1. The van der Waals surface area contributed by atoms with Crippen molar-refractivity contribution in [1.82, 2.24) is 10.6 Å². The Morgan fingerprint density at radius 1 is 1.03 bits per heavy atom. The van der Waals surface area contributed by atoms with Crippen LogP contribution in [0.3, 0.4) is 0 Å². The van der Waals surface area contributed by atoms with E-state index in [0.29, 0.717) is 24.5 Å². The number of benzene rings is 2. The molecule has 2 N–H and O–H groups in total. The number of amides is 2. The van der Waals surface area contributed by atoms with Gasteiger partial charge in [0.05, 0.1) is 12.5 Å². The molecule has 7 nitrogen and oxygen atoms in total. The van der Waals surface area contributed by atoms with Gasteiger partial charge in [0.25, 0.3) is 0 Å². The molecule has 0 heterocycles. The molecule has 0 aliphatic heterocycles. The number of rotatable bonds is 10. The SMILES string of the molecule is CCOC(=O)C(C)C[C@@H](Cc1ccc(-c2cccc(Cl)c2)cc1)NC(=O)NCC(=O)OC(C)(C)C. The molecular formula is C27H35ClN2O5. The van der Waals surface area contributed by atoms with Gasteiger partial charge < -0.3 is 20.1 Å². The molecule has 0 fully saturated rings. The Morgan fingerprint density at radius 3 is 2.31 bits per heavy atom.